The van der Waals surface area contributed by atoms with Crippen LogP contribution in [0.15, 0.2) is 39.3 Å². The lowest BCUT2D eigenvalue weighted by atomic mass is 10.2. The van der Waals surface area contributed by atoms with Gasteiger partial charge in [-0.1, -0.05) is 18.2 Å². The largest absolute Gasteiger partial charge is 0.490 e. The second kappa shape index (κ2) is 9.01. The Balaban J connectivity index is 2.16. The highest BCUT2D eigenvalue weighted by molar-refractivity contribution is 9.13. The average molecular weight is 471 g/mol. The van der Waals surface area contributed by atoms with Gasteiger partial charge in [0.25, 0.3) is 5.91 Å². The third-order valence-electron chi connectivity index (χ3n) is 3.35. The number of aldehydes is 1. The van der Waals surface area contributed by atoms with E-state index in [0.717, 1.165) is 11.3 Å². The van der Waals surface area contributed by atoms with Gasteiger partial charge in [-0.3, -0.25) is 9.59 Å². The van der Waals surface area contributed by atoms with Crippen LogP contribution < -0.4 is 14.8 Å². The predicted molar refractivity (Wildman–Crippen MR) is 104 cm³/mol. The minimum atomic E-state index is -0.292. The number of carbonyl (C=O) groups is 2. The summed E-state index contributed by atoms with van der Waals surface area (Å²) in [6, 6.07) is 9.06. The van der Waals surface area contributed by atoms with Crippen LogP contribution in [0.5, 0.6) is 11.5 Å². The lowest BCUT2D eigenvalue weighted by molar-refractivity contribution is -0.118. The molecule has 0 aliphatic carbocycles. The molecule has 0 fully saturated rings. The Morgan fingerprint density at radius 3 is 2.56 bits per heavy atom. The molecule has 2 aromatic carbocycles. The van der Waals surface area contributed by atoms with Gasteiger partial charge in [-0.15, -0.1) is 0 Å². The fourth-order valence-corrected chi connectivity index (χ4v) is 3.05. The van der Waals surface area contributed by atoms with Gasteiger partial charge in [0.15, 0.2) is 24.4 Å². The number of halogens is 2. The molecule has 0 heterocycles. The Hall–Kier alpha value is -1.86. The van der Waals surface area contributed by atoms with Crippen molar-refractivity contribution in [2.45, 2.75) is 13.8 Å². The quantitative estimate of drug-likeness (QED) is 0.593. The van der Waals surface area contributed by atoms with E-state index in [9.17, 15) is 9.59 Å². The van der Waals surface area contributed by atoms with Crippen LogP contribution in [-0.2, 0) is 4.79 Å². The van der Waals surface area contributed by atoms with Crippen molar-refractivity contribution in [1.29, 1.82) is 0 Å². The average Bonchev–Trinajstić information content (AvgIpc) is 2.59. The first-order valence-corrected chi connectivity index (χ1v) is 9.14. The molecule has 0 radical (unpaired) electrons. The number of anilines is 1. The van der Waals surface area contributed by atoms with Crippen LogP contribution in [0, 0.1) is 6.92 Å². The van der Waals surface area contributed by atoms with Gasteiger partial charge in [0, 0.05) is 15.7 Å². The summed E-state index contributed by atoms with van der Waals surface area (Å²) in [5, 5.41) is 2.80. The third kappa shape index (κ3) is 4.83. The van der Waals surface area contributed by atoms with Crippen molar-refractivity contribution in [2.75, 3.05) is 18.5 Å². The fourth-order valence-electron chi connectivity index (χ4n) is 2.12. The van der Waals surface area contributed by atoms with Gasteiger partial charge < -0.3 is 14.8 Å². The molecule has 0 unspecified atom stereocenters. The number of hydrogen-bond acceptors (Lipinski definition) is 4. The molecule has 132 valence electrons. The van der Waals surface area contributed by atoms with Crippen LogP contribution in [0.4, 0.5) is 5.69 Å². The lowest BCUT2D eigenvalue weighted by Crippen LogP contribution is -2.21. The highest BCUT2D eigenvalue weighted by Crippen LogP contribution is 2.42. The summed E-state index contributed by atoms with van der Waals surface area (Å²) >= 11 is 6.71. The minimum absolute atomic E-state index is 0.195. The number of rotatable bonds is 7. The maximum atomic E-state index is 12.2. The molecule has 25 heavy (non-hydrogen) atoms. The van der Waals surface area contributed by atoms with E-state index in [-0.39, 0.29) is 12.5 Å². The summed E-state index contributed by atoms with van der Waals surface area (Å²) in [5.41, 5.74) is 2.12. The monoisotopic (exact) mass is 469 g/mol. The third-order valence-corrected chi connectivity index (χ3v) is 5.49. The van der Waals surface area contributed by atoms with E-state index < -0.39 is 0 Å². The number of aryl methyl sites for hydroxylation is 1. The van der Waals surface area contributed by atoms with Crippen LogP contribution in [0.25, 0.3) is 0 Å². The number of amides is 1. The molecule has 0 saturated carbocycles. The number of benzene rings is 2. The van der Waals surface area contributed by atoms with Crippen molar-refractivity contribution < 1.29 is 19.1 Å². The summed E-state index contributed by atoms with van der Waals surface area (Å²) in [4.78, 5) is 23.3. The standard InChI is InChI=1S/C18H17Br2NO4/c1-3-24-14-8-12(9-22)16(19)17(20)18(14)25-10-15(23)21-13-7-5-4-6-11(13)2/h4-9H,3,10H2,1-2H3,(H,21,23). The first-order valence-electron chi connectivity index (χ1n) is 7.56. The Labute approximate surface area is 163 Å². The van der Waals surface area contributed by atoms with Crippen molar-refractivity contribution in [1.82, 2.24) is 0 Å². The van der Waals surface area contributed by atoms with E-state index in [4.69, 9.17) is 9.47 Å². The zero-order valence-corrected chi connectivity index (χ0v) is 16.9. The molecule has 7 heteroatoms. The fraction of sp³-hybridized carbons (Fsp3) is 0.222. The molecule has 0 bridgehead atoms. The van der Waals surface area contributed by atoms with Crippen molar-refractivity contribution in [2.24, 2.45) is 0 Å². The van der Waals surface area contributed by atoms with Crippen LogP contribution in [0.1, 0.15) is 22.8 Å². The maximum absolute atomic E-state index is 12.2. The molecule has 1 N–H and O–H groups in total. The summed E-state index contributed by atoms with van der Waals surface area (Å²) in [6.45, 7) is 3.94. The maximum Gasteiger partial charge on any atom is 0.262 e. The number of para-hydroxylation sites is 1. The molecule has 2 aromatic rings. The molecule has 0 aliphatic rings. The Kier molecular flexibility index (Phi) is 7.01. The van der Waals surface area contributed by atoms with Gasteiger partial charge in [0.05, 0.1) is 11.1 Å². The molecular formula is C18H17Br2NO4. The van der Waals surface area contributed by atoms with Gasteiger partial charge >= 0.3 is 0 Å². The smallest absolute Gasteiger partial charge is 0.262 e. The summed E-state index contributed by atoms with van der Waals surface area (Å²) in [6.07, 6.45) is 0.714. The minimum Gasteiger partial charge on any atom is -0.490 e. The molecule has 5 nitrogen and oxygen atoms in total. The van der Waals surface area contributed by atoms with Crippen molar-refractivity contribution in [3.63, 3.8) is 0 Å². The normalized spacial score (nSPS) is 10.2. The Bertz CT molecular complexity index is 793. The van der Waals surface area contributed by atoms with Crippen LogP contribution in [0.3, 0.4) is 0 Å². The summed E-state index contributed by atoms with van der Waals surface area (Å²) < 4.78 is 12.2. The molecule has 0 atom stereocenters. The van der Waals surface area contributed by atoms with E-state index in [1.807, 2.05) is 38.1 Å². The van der Waals surface area contributed by atoms with E-state index in [1.165, 1.54) is 0 Å². The van der Waals surface area contributed by atoms with Gasteiger partial charge in [0.2, 0.25) is 0 Å². The molecular weight excluding hydrogens is 454 g/mol. The first kappa shape index (κ1) is 19.5. The van der Waals surface area contributed by atoms with E-state index in [2.05, 4.69) is 37.2 Å². The lowest BCUT2D eigenvalue weighted by Gasteiger charge is -2.16. The molecule has 0 aromatic heterocycles. The zero-order valence-electron chi connectivity index (χ0n) is 13.8. The summed E-state index contributed by atoms with van der Waals surface area (Å²) in [5.74, 6) is 0.460. The molecule has 0 aliphatic heterocycles. The second-order valence-corrected chi connectivity index (χ2v) is 6.71. The van der Waals surface area contributed by atoms with E-state index in [0.29, 0.717) is 38.9 Å². The SMILES string of the molecule is CCOc1cc(C=O)c(Br)c(Br)c1OCC(=O)Nc1ccccc1C. The van der Waals surface area contributed by atoms with E-state index >= 15 is 0 Å². The van der Waals surface area contributed by atoms with Gasteiger partial charge in [-0.05, 0) is 63.4 Å². The van der Waals surface area contributed by atoms with Crippen LogP contribution in [-0.4, -0.2) is 25.4 Å². The Morgan fingerprint density at radius 2 is 1.92 bits per heavy atom. The highest BCUT2D eigenvalue weighted by atomic mass is 79.9. The van der Waals surface area contributed by atoms with Crippen molar-refractivity contribution >= 4 is 49.7 Å². The van der Waals surface area contributed by atoms with Crippen molar-refractivity contribution in [3.05, 3.63) is 50.4 Å². The highest BCUT2D eigenvalue weighted by Gasteiger charge is 2.18. The topological polar surface area (TPSA) is 64.6 Å². The zero-order chi connectivity index (χ0) is 18.4. The molecule has 2 rings (SSSR count). The van der Waals surface area contributed by atoms with E-state index in [1.54, 1.807) is 6.07 Å². The number of nitrogens with one attached hydrogen (secondary N) is 1. The first-order chi connectivity index (χ1) is 12.0. The number of ether oxygens (including phenoxy) is 2. The molecule has 0 saturated heterocycles. The number of hydrogen-bond donors (Lipinski definition) is 1. The molecule has 1 amide bonds. The van der Waals surface area contributed by atoms with Crippen LogP contribution in [0.2, 0.25) is 0 Å². The van der Waals surface area contributed by atoms with Gasteiger partial charge in [-0.25, -0.2) is 0 Å². The molecule has 0 spiro atoms. The number of carbonyl (C=O) groups excluding carboxylic acids is 2. The van der Waals surface area contributed by atoms with Crippen molar-refractivity contribution in [3.8, 4) is 11.5 Å². The second-order valence-electron chi connectivity index (χ2n) is 5.12. The van der Waals surface area contributed by atoms with Gasteiger partial charge in [0.1, 0.15) is 0 Å². The van der Waals surface area contributed by atoms with Gasteiger partial charge in [-0.2, -0.15) is 0 Å². The summed E-state index contributed by atoms with van der Waals surface area (Å²) in [7, 11) is 0. The van der Waals surface area contributed by atoms with Crippen LogP contribution >= 0.6 is 31.9 Å². The Morgan fingerprint density at radius 1 is 1.20 bits per heavy atom. The predicted octanol–water partition coefficient (Wildman–Crippen LogP) is 4.75.